The topological polar surface area (TPSA) is 70.2 Å². The van der Waals surface area contributed by atoms with Gasteiger partial charge in [-0.15, -0.1) is 0 Å². The smallest absolute Gasteiger partial charge is 0.237 e. The second kappa shape index (κ2) is 8.57. The second-order valence-corrected chi connectivity index (χ2v) is 7.53. The monoisotopic (exact) mass is 389 g/mol. The van der Waals surface area contributed by atoms with Crippen LogP contribution in [-0.2, 0) is 17.9 Å². The van der Waals surface area contributed by atoms with Crippen LogP contribution in [0.25, 0.3) is 10.9 Å². The molecule has 3 aromatic rings. The fourth-order valence-corrected chi connectivity index (χ4v) is 3.80. The van der Waals surface area contributed by atoms with Crippen molar-refractivity contribution >= 4 is 22.6 Å². The minimum absolute atomic E-state index is 0.0947. The number of aromatic nitrogens is 2. The molecule has 1 aliphatic heterocycles. The maximum Gasteiger partial charge on any atom is 0.237 e. The fraction of sp³-hybridized carbons (Fsp3) is 0.348. The van der Waals surface area contributed by atoms with Gasteiger partial charge in [0.25, 0.3) is 0 Å². The number of piperazine rings is 1. The largest absolute Gasteiger partial charge is 0.365 e. The highest BCUT2D eigenvalue weighted by atomic mass is 16.2. The number of hydrogen-bond acceptors (Lipinski definition) is 5. The quantitative estimate of drug-likeness (QED) is 0.677. The Bertz CT molecular complexity index is 1000. The number of carbonyl (C=O) groups is 1. The lowest BCUT2D eigenvalue weighted by Gasteiger charge is -2.33. The van der Waals surface area contributed by atoms with Crippen LogP contribution in [0.5, 0.6) is 0 Å². The molecule has 2 N–H and O–H groups in total. The van der Waals surface area contributed by atoms with Crippen LogP contribution < -0.4 is 10.6 Å². The Balaban J connectivity index is 1.60. The van der Waals surface area contributed by atoms with Crippen LogP contribution in [0.15, 0.2) is 48.5 Å². The number of carbonyl (C=O) groups excluding carboxylic acids is 1. The maximum atomic E-state index is 12.2. The van der Waals surface area contributed by atoms with Gasteiger partial charge < -0.3 is 10.6 Å². The van der Waals surface area contributed by atoms with Crippen molar-refractivity contribution in [3.63, 3.8) is 0 Å². The van der Waals surface area contributed by atoms with Gasteiger partial charge in [0, 0.05) is 25.0 Å². The lowest BCUT2D eigenvalue weighted by atomic mass is 10.1. The van der Waals surface area contributed by atoms with E-state index in [0.29, 0.717) is 19.6 Å². The number of rotatable bonds is 6. The number of nitrogens with one attached hydrogen (secondary N) is 2. The van der Waals surface area contributed by atoms with Crippen LogP contribution in [0.3, 0.4) is 0 Å². The molecule has 6 nitrogen and oxygen atoms in total. The van der Waals surface area contributed by atoms with Gasteiger partial charge in [-0.1, -0.05) is 48.9 Å². The van der Waals surface area contributed by atoms with E-state index >= 15 is 0 Å². The second-order valence-electron chi connectivity index (χ2n) is 7.53. The van der Waals surface area contributed by atoms with E-state index in [0.717, 1.165) is 35.5 Å². The zero-order valence-electron chi connectivity index (χ0n) is 17.0. The third-order valence-electron chi connectivity index (χ3n) is 5.40. The first kappa shape index (κ1) is 19.3. The van der Waals surface area contributed by atoms with Crippen molar-refractivity contribution in [2.24, 2.45) is 0 Å². The molecule has 0 spiro atoms. The number of benzene rings is 2. The molecule has 1 aromatic heterocycles. The third kappa shape index (κ3) is 4.38. The summed E-state index contributed by atoms with van der Waals surface area (Å²) < 4.78 is 0. The van der Waals surface area contributed by atoms with Gasteiger partial charge in [-0.2, -0.15) is 0 Å². The molecule has 0 radical (unpaired) electrons. The van der Waals surface area contributed by atoms with Gasteiger partial charge in [0.1, 0.15) is 11.6 Å². The Morgan fingerprint density at radius 2 is 1.93 bits per heavy atom. The SMILES string of the molecule is CCC1C(=O)NCCN1Cc1nc(NCc2ccc(C)cc2)c2ccccc2n1. The molecule has 4 rings (SSSR count). The van der Waals surface area contributed by atoms with Gasteiger partial charge in [-0.3, -0.25) is 9.69 Å². The van der Waals surface area contributed by atoms with E-state index in [4.69, 9.17) is 9.97 Å². The lowest BCUT2D eigenvalue weighted by Crippen LogP contribution is -2.54. The van der Waals surface area contributed by atoms with Crippen molar-refractivity contribution in [3.05, 3.63) is 65.5 Å². The predicted molar refractivity (Wildman–Crippen MR) is 116 cm³/mol. The van der Waals surface area contributed by atoms with Gasteiger partial charge in [-0.05, 0) is 31.0 Å². The van der Waals surface area contributed by atoms with Crippen LogP contribution >= 0.6 is 0 Å². The predicted octanol–water partition coefficient (Wildman–Crippen LogP) is 3.26. The van der Waals surface area contributed by atoms with Gasteiger partial charge in [-0.25, -0.2) is 9.97 Å². The summed E-state index contributed by atoms with van der Waals surface area (Å²) in [5.41, 5.74) is 3.37. The summed E-state index contributed by atoms with van der Waals surface area (Å²) in [4.78, 5) is 23.9. The zero-order chi connectivity index (χ0) is 20.2. The normalized spacial score (nSPS) is 17.3. The molecule has 1 atom stereocenters. The summed E-state index contributed by atoms with van der Waals surface area (Å²) in [7, 11) is 0. The van der Waals surface area contributed by atoms with Crippen molar-refractivity contribution in [2.45, 2.75) is 39.4 Å². The summed E-state index contributed by atoms with van der Waals surface area (Å²) in [6.45, 7) is 6.87. The fourth-order valence-electron chi connectivity index (χ4n) is 3.80. The molecule has 1 aliphatic rings. The Morgan fingerprint density at radius 1 is 1.14 bits per heavy atom. The minimum atomic E-state index is -0.122. The molecule has 6 heteroatoms. The first-order chi connectivity index (χ1) is 14.1. The number of para-hydroxylation sites is 1. The van der Waals surface area contributed by atoms with E-state index in [-0.39, 0.29) is 11.9 Å². The van der Waals surface area contributed by atoms with E-state index in [9.17, 15) is 4.79 Å². The Kier molecular flexibility index (Phi) is 5.71. The molecule has 1 amide bonds. The molecule has 2 heterocycles. The van der Waals surface area contributed by atoms with E-state index in [1.54, 1.807) is 0 Å². The molecule has 1 fully saturated rings. The standard InChI is InChI=1S/C23H27N5O/c1-3-20-23(29)24-12-13-28(20)15-21-26-19-7-5-4-6-18(19)22(27-21)25-14-17-10-8-16(2)9-11-17/h4-11,20H,3,12-15H2,1-2H3,(H,24,29)(H,25,26,27). The summed E-state index contributed by atoms with van der Waals surface area (Å²) in [6, 6.07) is 16.4. The van der Waals surface area contributed by atoms with Crippen molar-refractivity contribution in [1.82, 2.24) is 20.2 Å². The average Bonchev–Trinajstić information content (AvgIpc) is 2.73. The van der Waals surface area contributed by atoms with Crippen LogP contribution in [0, 0.1) is 6.92 Å². The molecule has 0 bridgehead atoms. The first-order valence-electron chi connectivity index (χ1n) is 10.2. The van der Waals surface area contributed by atoms with Gasteiger partial charge >= 0.3 is 0 Å². The van der Waals surface area contributed by atoms with Crippen LogP contribution in [0.2, 0.25) is 0 Å². The summed E-state index contributed by atoms with van der Waals surface area (Å²) in [5, 5.41) is 7.44. The number of fused-ring (bicyclic) bond motifs is 1. The molecule has 1 unspecified atom stereocenters. The van der Waals surface area contributed by atoms with Gasteiger partial charge in [0.05, 0.1) is 18.1 Å². The van der Waals surface area contributed by atoms with E-state index in [1.807, 2.05) is 31.2 Å². The van der Waals surface area contributed by atoms with Gasteiger partial charge in [0.15, 0.2) is 0 Å². The Hall–Kier alpha value is -2.99. The van der Waals surface area contributed by atoms with Gasteiger partial charge in [0.2, 0.25) is 5.91 Å². The lowest BCUT2D eigenvalue weighted by molar-refractivity contribution is -0.129. The molecule has 150 valence electrons. The van der Waals surface area contributed by atoms with Crippen molar-refractivity contribution in [2.75, 3.05) is 18.4 Å². The molecular formula is C23H27N5O. The van der Waals surface area contributed by atoms with Crippen molar-refractivity contribution < 1.29 is 4.79 Å². The van der Waals surface area contributed by atoms with E-state index < -0.39 is 0 Å². The summed E-state index contributed by atoms with van der Waals surface area (Å²) in [6.07, 6.45) is 0.776. The maximum absolute atomic E-state index is 12.2. The van der Waals surface area contributed by atoms with Crippen LogP contribution in [0.1, 0.15) is 30.3 Å². The molecule has 0 saturated carbocycles. The number of nitrogens with zero attached hydrogens (tertiary/aromatic N) is 3. The first-order valence-corrected chi connectivity index (χ1v) is 10.2. The average molecular weight is 390 g/mol. The van der Waals surface area contributed by atoms with Crippen molar-refractivity contribution in [1.29, 1.82) is 0 Å². The van der Waals surface area contributed by atoms with E-state index in [2.05, 4.69) is 46.7 Å². The summed E-state index contributed by atoms with van der Waals surface area (Å²) >= 11 is 0. The molecule has 0 aliphatic carbocycles. The van der Waals surface area contributed by atoms with E-state index in [1.165, 1.54) is 11.1 Å². The molecule has 29 heavy (non-hydrogen) atoms. The highest BCUT2D eigenvalue weighted by Crippen LogP contribution is 2.22. The number of amides is 1. The number of hydrogen-bond donors (Lipinski definition) is 2. The zero-order valence-corrected chi connectivity index (χ0v) is 17.0. The Morgan fingerprint density at radius 3 is 2.72 bits per heavy atom. The molecular weight excluding hydrogens is 362 g/mol. The molecule has 2 aromatic carbocycles. The number of aryl methyl sites for hydroxylation is 1. The van der Waals surface area contributed by atoms with Crippen molar-refractivity contribution in [3.8, 4) is 0 Å². The molecule has 1 saturated heterocycles. The van der Waals surface area contributed by atoms with Crippen LogP contribution in [0.4, 0.5) is 5.82 Å². The highest BCUT2D eigenvalue weighted by Gasteiger charge is 2.28. The summed E-state index contributed by atoms with van der Waals surface area (Å²) in [5.74, 6) is 1.67. The number of anilines is 1. The Labute approximate surface area is 171 Å². The third-order valence-corrected chi connectivity index (χ3v) is 5.40. The minimum Gasteiger partial charge on any atom is -0.365 e. The van der Waals surface area contributed by atoms with Crippen LogP contribution in [-0.4, -0.2) is 39.9 Å². The highest BCUT2D eigenvalue weighted by molar-refractivity contribution is 5.89.